The van der Waals surface area contributed by atoms with Crippen molar-refractivity contribution in [1.29, 1.82) is 0 Å². The first-order valence-corrected chi connectivity index (χ1v) is 11.4. The van der Waals surface area contributed by atoms with E-state index in [2.05, 4.69) is 34.6 Å². The summed E-state index contributed by atoms with van der Waals surface area (Å²) in [5.41, 5.74) is 0. The van der Waals surface area contributed by atoms with E-state index >= 15 is 0 Å². The van der Waals surface area contributed by atoms with Gasteiger partial charge in [-0.05, 0) is 57.0 Å². The fourth-order valence-corrected chi connectivity index (χ4v) is 5.61. The van der Waals surface area contributed by atoms with Crippen LogP contribution in [-0.4, -0.2) is 73.4 Å². The number of aliphatic imine (C=N–C) groups is 1. The maximum Gasteiger partial charge on any atom is 0.233 e. The Morgan fingerprint density at radius 2 is 1.83 bits per heavy atom. The van der Waals surface area contributed by atoms with E-state index in [0.717, 1.165) is 32.0 Å². The molecule has 0 radical (unpaired) electrons. The van der Waals surface area contributed by atoms with E-state index in [1.54, 1.807) is 0 Å². The Hall–Kier alpha value is -1.89. The van der Waals surface area contributed by atoms with Gasteiger partial charge < -0.3 is 15.5 Å². The average Bonchev–Trinajstić information content (AvgIpc) is 3.47. The van der Waals surface area contributed by atoms with Crippen LogP contribution in [0.25, 0.3) is 0 Å². The van der Waals surface area contributed by atoms with Crippen molar-refractivity contribution in [3.63, 3.8) is 0 Å². The number of guanidine groups is 1. The molecule has 1 saturated carbocycles. The van der Waals surface area contributed by atoms with Crippen molar-refractivity contribution in [2.24, 2.45) is 34.6 Å². The highest BCUT2D eigenvalue weighted by Gasteiger charge is 2.58. The Kier molecular flexibility index (Phi) is 6.23. The van der Waals surface area contributed by atoms with E-state index < -0.39 is 0 Å². The lowest BCUT2D eigenvalue weighted by atomic mass is 9.85. The Labute approximate surface area is 174 Å². The fourth-order valence-electron chi connectivity index (χ4n) is 5.61. The van der Waals surface area contributed by atoms with E-state index in [1.165, 1.54) is 30.8 Å². The number of likely N-dealkylation sites (tertiary alicyclic amines) is 2. The number of imide groups is 1. The minimum atomic E-state index is -0.104. The lowest BCUT2D eigenvalue weighted by Crippen LogP contribution is -2.44. The van der Waals surface area contributed by atoms with Gasteiger partial charge in [-0.1, -0.05) is 19.1 Å². The molecule has 160 valence electrons. The van der Waals surface area contributed by atoms with Crippen LogP contribution in [0.1, 0.15) is 33.1 Å². The van der Waals surface area contributed by atoms with Crippen LogP contribution in [-0.2, 0) is 9.59 Å². The molecule has 2 aliphatic carbocycles. The molecule has 3 fully saturated rings. The number of hydrogen-bond donors (Lipinski definition) is 2. The molecule has 0 aromatic heterocycles. The van der Waals surface area contributed by atoms with E-state index in [1.807, 2.05) is 6.92 Å². The van der Waals surface area contributed by atoms with E-state index in [4.69, 9.17) is 4.99 Å². The summed E-state index contributed by atoms with van der Waals surface area (Å²) < 4.78 is 0. The highest BCUT2D eigenvalue weighted by atomic mass is 16.2. The standard InChI is InChI=1S/C22H35N5O2/c1-3-9-26-10-7-15(14-26)13-25-22(23-4-2)24-8-11-27-20(28)18-16-5-6-17(12-16)19(18)21(27)29/h5-6,15-19H,3-4,7-14H2,1-2H3,(H2,23,24,25). The number of nitrogens with zero attached hydrogens (tertiary/aromatic N) is 3. The second-order valence-corrected chi connectivity index (χ2v) is 8.93. The molecule has 0 aromatic rings. The number of amides is 2. The predicted octanol–water partition coefficient (Wildman–Crippen LogP) is 1.08. The molecule has 5 unspecified atom stereocenters. The topological polar surface area (TPSA) is 77.0 Å². The van der Waals surface area contributed by atoms with Crippen molar-refractivity contribution in [2.45, 2.75) is 33.1 Å². The molecule has 4 aliphatic rings. The average molecular weight is 402 g/mol. The first kappa shape index (κ1) is 20.4. The van der Waals surface area contributed by atoms with Gasteiger partial charge in [0, 0.05) is 32.7 Å². The summed E-state index contributed by atoms with van der Waals surface area (Å²) in [4.78, 5) is 34.3. The maximum atomic E-state index is 12.8. The summed E-state index contributed by atoms with van der Waals surface area (Å²) in [5.74, 6) is 1.79. The number of allylic oxidation sites excluding steroid dienone is 2. The number of nitrogens with one attached hydrogen (secondary N) is 2. The Morgan fingerprint density at radius 3 is 2.48 bits per heavy atom. The minimum absolute atomic E-state index is 0.0301. The van der Waals surface area contributed by atoms with Crippen LogP contribution in [0.4, 0.5) is 0 Å². The summed E-state index contributed by atoms with van der Waals surface area (Å²) >= 11 is 0. The maximum absolute atomic E-state index is 12.8. The number of carbonyl (C=O) groups excluding carboxylic acids is 2. The van der Waals surface area contributed by atoms with Crippen LogP contribution in [0.5, 0.6) is 0 Å². The van der Waals surface area contributed by atoms with Crippen LogP contribution < -0.4 is 10.6 Å². The monoisotopic (exact) mass is 401 g/mol. The van der Waals surface area contributed by atoms with Crippen molar-refractivity contribution >= 4 is 17.8 Å². The molecule has 0 aromatic carbocycles. The molecule has 2 heterocycles. The van der Waals surface area contributed by atoms with Gasteiger partial charge in [0.05, 0.1) is 11.8 Å². The van der Waals surface area contributed by atoms with Crippen LogP contribution in [0, 0.1) is 29.6 Å². The highest BCUT2D eigenvalue weighted by molar-refractivity contribution is 6.06. The van der Waals surface area contributed by atoms with Crippen molar-refractivity contribution in [3.8, 4) is 0 Å². The summed E-state index contributed by atoms with van der Waals surface area (Å²) in [6.45, 7) is 10.3. The van der Waals surface area contributed by atoms with Crippen molar-refractivity contribution in [2.75, 3.05) is 45.8 Å². The Balaban J connectivity index is 1.26. The number of hydrogen-bond acceptors (Lipinski definition) is 4. The van der Waals surface area contributed by atoms with E-state index in [-0.39, 0.29) is 35.5 Å². The molecule has 2 saturated heterocycles. The quantitative estimate of drug-likeness (QED) is 0.275. The third-order valence-corrected chi connectivity index (χ3v) is 6.95. The first-order chi connectivity index (χ1) is 14.1. The SMILES string of the molecule is CCCN1CCC(CN=C(NCC)NCCN2C(=O)C3C4C=CC(C4)C3C2=O)C1. The molecule has 7 heteroatoms. The lowest BCUT2D eigenvalue weighted by Gasteiger charge is -2.19. The van der Waals surface area contributed by atoms with E-state index in [9.17, 15) is 9.59 Å². The molecule has 2 amide bonds. The lowest BCUT2D eigenvalue weighted by molar-refractivity contribution is -0.140. The molecule has 2 bridgehead atoms. The molecule has 4 rings (SSSR count). The molecule has 0 spiro atoms. The van der Waals surface area contributed by atoms with Gasteiger partial charge in [0.1, 0.15) is 0 Å². The second-order valence-electron chi connectivity index (χ2n) is 8.93. The Morgan fingerprint density at radius 1 is 1.10 bits per heavy atom. The van der Waals surface area contributed by atoms with Gasteiger partial charge in [-0.15, -0.1) is 0 Å². The van der Waals surface area contributed by atoms with Crippen LogP contribution >= 0.6 is 0 Å². The Bertz CT molecular complexity index is 661. The van der Waals surface area contributed by atoms with Gasteiger partial charge in [0.15, 0.2) is 5.96 Å². The molecule has 2 N–H and O–H groups in total. The number of fused-ring (bicyclic) bond motifs is 5. The summed E-state index contributed by atoms with van der Waals surface area (Å²) in [6.07, 6.45) is 7.66. The predicted molar refractivity (Wildman–Crippen MR) is 113 cm³/mol. The molecule has 5 atom stereocenters. The highest BCUT2D eigenvalue weighted by Crippen LogP contribution is 2.52. The van der Waals surface area contributed by atoms with Crippen LogP contribution in [0.2, 0.25) is 0 Å². The van der Waals surface area contributed by atoms with E-state index in [0.29, 0.717) is 19.0 Å². The summed E-state index contributed by atoms with van der Waals surface area (Å²) in [7, 11) is 0. The number of carbonyl (C=O) groups is 2. The van der Waals surface area contributed by atoms with Crippen molar-refractivity contribution in [3.05, 3.63) is 12.2 Å². The number of rotatable bonds is 8. The fraction of sp³-hybridized carbons (Fsp3) is 0.773. The van der Waals surface area contributed by atoms with Gasteiger partial charge >= 0.3 is 0 Å². The van der Waals surface area contributed by atoms with Gasteiger partial charge in [0.25, 0.3) is 0 Å². The molecular weight excluding hydrogens is 366 g/mol. The van der Waals surface area contributed by atoms with Crippen LogP contribution in [0.15, 0.2) is 17.1 Å². The van der Waals surface area contributed by atoms with Crippen molar-refractivity contribution in [1.82, 2.24) is 20.4 Å². The first-order valence-electron chi connectivity index (χ1n) is 11.4. The summed E-state index contributed by atoms with van der Waals surface area (Å²) in [6, 6.07) is 0. The molecule has 29 heavy (non-hydrogen) atoms. The van der Waals surface area contributed by atoms with Crippen molar-refractivity contribution < 1.29 is 9.59 Å². The zero-order valence-corrected chi connectivity index (χ0v) is 17.8. The van der Waals surface area contributed by atoms with Gasteiger partial charge in [-0.2, -0.15) is 0 Å². The third-order valence-electron chi connectivity index (χ3n) is 6.95. The summed E-state index contributed by atoms with van der Waals surface area (Å²) in [5, 5.41) is 6.60. The molecule has 2 aliphatic heterocycles. The second kappa shape index (κ2) is 8.86. The largest absolute Gasteiger partial charge is 0.357 e. The molecule has 7 nitrogen and oxygen atoms in total. The third kappa shape index (κ3) is 4.06. The van der Waals surface area contributed by atoms with Gasteiger partial charge in [-0.3, -0.25) is 19.5 Å². The van der Waals surface area contributed by atoms with Gasteiger partial charge in [-0.25, -0.2) is 0 Å². The van der Waals surface area contributed by atoms with Crippen LogP contribution in [0.3, 0.4) is 0 Å². The zero-order valence-electron chi connectivity index (χ0n) is 17.8. The van der Waals surface area contributed by atoms with Gasteiger partial charge in [0.2, 0.25) is 11.8 Å². The normalized spacial score (nSPS) is 33.8. The smallest absolute Gasteiger partial charge is 0.233 e. The zero-order chi connectivity index (χ0) is 20.4. The minimum Gasteiger partial charge on any atom is -0.357 e. The molecular formula is C22H35N5O2.